The Morgan fingerprint density at radius 1 is 1.24 bits per heavy atom. The molecule has 1 aromatic heterocycles. The van der Waals surface area contributed by atoms with E-state index in [0.29, 0.717) is 19.0 Å². The van der Waals surface area contributed by atoms with Gasteiger partial charge in [0.15, 0.2) is 0 Å². The van der Waals surface area contributed by atoms with Gasteiger partial charge in [0.05, 0.1) is 5.69 Å². The van der Waals surface area contributed by atoms with E-state index in [1.54, 1.807) is 19.4 Å². The number of halogens is 2. The molecule has 0 aliphatic heterocycles. The summed E-state index contributed by atoms with van der Waals surface area (Å²) in [5.74, 6) is -0.479. The summed E-state index contributed by atoms with van der Waals surface area (Å²) in [6.45, 7) is 1.36. The van der Waals surface area contributed by atoms with Gasteiger partial charge in [0.2, 0.25) is 5.95 Å². The van der Waals surface area contributed by atoms with Crippen molar-refractivity contribution in [3.05, 3.63) is 42.1 Å². The molecule has 0 aliphatic carbocycles. The predicted octanol–water partition coefficient (Wildman–Crippen LogP) is 2.95. The normalized spacial score (nSPS) is 10.4. The standard InChI is InChI=1S/C14H16F2N4O/c1-21-8-2-6-17-13-5-7-18-14(20-13)19-12-4-3-10(15)9-11(12)16/h3-5,7,9H,2,6,8H2,1H3,(H2,17,18,19,20). The highest BCUT2D eigenvalue weighted by Gasteiger charge is 2.06. The average molecular weight is 294 g/mol. The van der Waals surface area contributed by atoms with E-state index < -0.39 is 11.6 Å². The van der Waals surface area contributed by atoms with Gasteiger partial charge in [-0.15, -0.1) is 0 Å². The van der Waals surface area contributed by atoms with Gasteiger partial charge in [-0.05, 0) is 24.6 Å². The lowest BCUT2D eigenvalue weighted by molar-refractivity contribution is 0.198. The van der Waals surface area contributed by atoms with Crippen LogP contribution in [0.25, 0.3) is 0 Å². The van der Waals surface area contributed by atoms with Gasteiger partial charge in [0.1, 0.15) is 17.5 Å². The fraction of sp³-hybridized carbons (Fsp3) is 0.286. The van der Waals surface area contributed by atoms with Gasteiger partial charge in [0.25, 0.3) is 0 Å². The third-order valence-electron chi connectivity index (χ3n) is 2.66. The zero-order valence-electron chi connectivity index (χ0n) is 11.6. The van der Waals surface area contributed by atoms with Gasteiger partial charge in [-0.25, -0.2) is 13.8 Å². The lowest BCUT2D eigenvalue weighted by Gasteiger charge is -2.08. The second kappa shape index (κ2) is 7.49. The zero-order chi connectivity index (χ0) is 15.1. The van der Waals surface area contributed by atoms with E-state index in [-0.39, 0.29) is 11.6 Å². The molecule has 0 amide bonds. The van der Waals surface area contributed by atoms with Crippen molar-refractivity contribution in [3.8, 4) is 0 Å². The topological polar surface area (TPSA) is 59.1 Å². The summed E-state index contributed by atoms with van der Waals surface area (Å²) in [7, 11) is 1.64. The molecule has 0 fully saturated rings. The number of nitrogens with zero attached hydrogens (tertiary/aromatic N) is 2. The Morgan fingerprint density at radius 2 is 2.10 bits per heavy atom. The van der Waals surface area contributed by atoms with Crippen molar-refractivity contribution in [2.45, 2.75) is 6.42 Å². The second-order valence-corrected chi connectivity index (χ2v) is 4.29. The maximum atomic E-state index is 13.5. The minimum absolute atomic E-state index is 0.118. The van der Waals surface area contributed by atoms with Crippen molar-refractivity contribution in [1.82, 2.24) is 9.97 Å². The van der Waals surface area contributed by atoms with E-state index in [1.807, 2.05) is 0 Å². The van der Waals surface area contributed by atoms with E-state index in [1.165, 1.54) is 6.07 Å². The zero-order valence-corrected chi connectivity index (χ0v) is 11.6. The van der Waals surface area contributed by atoms with Crippen molar-refractivity contribution in [2.24, 2.45) is 0 Å². The summed E-state index contributed by atoms with van der Waals surface area (Å²) in [6, 6.07) is 4.97. The molecule has 2 N–H and O–H groups in total. The van der Waals surface area contributed by atoms with Gasteiger partial charge < -0.3 is 15.4 Å². The Hall–Kier alpha value is -2.28. The van der Waals surface area contributed by atoms with E-state index in [2.05, 4.69) is 20.6 Å². The molecule has 112 valence electrons. The minimum Gasteiger partial charge on any atom is -0.385 e. The Balaban J connectivity index is 2.00. The molecular weight excluding hydrogens is 278 g/mol. The van der Waals surface area contributed by atoms with Crippen molar-refractivity contribution in [3.63, 3.8) is 0 Å². The largest absolute Gasteiger partial charge is 0.385 e. The molecule has 0 unspecified atom stereocenters. The quantitative estimate of drug-likeness (QED) is 0.769. The molecule has 0 spiro atoms. The number of hydrogen-bond acceptors (Lipinski definition) is 5. The van der Waals surface area contributed by atoms with Crippen molar-refractivity contribution < 1.29 is 13.5 Å². The number of hydrogen-bond donors (Lipinski definition) is 2. The van der Waals surface area contributed by atoms with Crippen LogP contribution in [0.2, 0.25) is 0 Å². The number of anilines is 3. The number of benzene rings is 1. The number of rotatable bonds is 7. The molecule has 1 heterocycles. The fourth-order valence-electron chi connectivity index (χ4n) is 1.66. The molecule has 0 aliphatic rings. The molecule has 2 rings (SSSR count). The van der Waals surface area contributed by atoms with E-state index in [9.17, 15) is 8.78 Å². The lowest BCUT2D eigenvalue weighted by atomic mass is 10.3. The smallest absolute Gasteiger partial charge is 0.229 e. The Morgan fingerprint density at radius 3 is 2.86 bits per heavy atom. The maximum absolute atomic E-state index is 13.5. The summed E-state index contributed by atoms with van der Waals surface area (Å²) in [4.78, 5) is 8.19. The lowest BCUT2D eigenvalue weighted by Crippen LogP contribution is -2.07. The van der Waals surface area contributed by atoms with Crippen LogP contribution in [-0.4, -0.2) is 30.2 Å². The van der Waals surface area contributed by atoms with Crippen LogP contribution >= 0.6 is 0 Å². The maximum Gasteiger partial charge on any atom is 0.229 e. The molecule has 2 aromatic rings. The molecule has 0 atom stereocenters. The highest BCUT2D eigenvalue weighted by molar-refractivity contribution is 5.55. The van der Waals surface area contributed by atoms with Crippen LogP contribution in [0.1, 0.15) is 6.42 Å². The van der Waals surface area contributed by atoms with Crippen LogP contribution in [0, 0.1) is 11.6 Å². The minimum atomic E-state index is -0.697. The average Bonchev–Trinajstić information content (AvgIpc) is 2.47. The van der Waals surface area contributed by atoms with Gasteiger partial charge in [0, 0.05) is 32.5 Å². The summed E-state index contributed by atoms with van der Waals surface area (Å²) in [5, 5.41) is 5.82. The first kappa shape index (κ1) is 15.1. The highest BCUT2D eigenvalue weighted by atomic mass is 19.1. The SMILES string of the molecule is COCCCNc1ccnc(Nc2ccc(F)cc2F)n1. The van der Waals surface area contributed by atoms with Crippen LogP contribution in [0.3, 0.4) is 0 Å². The predicted molar refractivity (Wildman–Crippen MR) is 76.7 cm³/mol. The van der Waals surface area contributed by atoms with E-state index in [4.69, 9.17) is 4.74 Å². The molecule has 5 nitrogen and oxygen atoms in total. The Labute approximate surface area is 121 Å². The first-order valence-corrected chi connectivity index (χ1v) is 6.47. The highest BCUT2D eigenvalue weighted by Crippen LogP contribution is 2.18. The van der Waals surface area contributed by atoms with Crippen LogP contribution in [0.15, 0.2) is 30.5 Å². The first-order valence-electron chi connectivity index (χ1n) is 6.47. The summed E-state index contributed by atoms with van der Waals surface area (Å²) in [6.07, 6.45) is 2.39. The molecular formula is C14H16F2N4O. The van der Waals surface area contributed by atoms with Crippen molar-refractivity contribution >= 4 is 17.5 Å². The van der Waals surface area contributed by atoms with Crippen LogP contribution in [0.4, 0.5) is 26.2 Å². The molecule has 0 radical (unpaired) electrons. The first-order chi connectivity index (χ1) is 10.2. The van der Waals surface area contributed by atoms with Gasteiger partial charge in [-0.3, -0.25) is 0 Å². The third-order valence-corrected chi connectivity index (χ3v) is 2.66. The molecule has 7 heteroatoms. The molecule has 0 saturated heterocycles. The van der Waals surface area contributed by atoms with Gasteiger partial charge in [-0.1, -0.05) is 0 Å². The number of methoxy groups -OCH3 is 1. The molecule has 0 saturated carbocycles. The van der Waals surface area contributed by atoms with Crippen molar-refractivity contribution in [1.29, 1.82) is 0 Å². The summed E-state index contributed by atoms with van der Waals surface area (Å²) < 4.78 is 31.3. The second-order valence-electron chi connectivity index (χ2n) is 4.29. The Kier molecular flexibility index (Phi) is 5.39. The van der Waals surface area contributed by atoms with Gasteiger partial charge in [-0.2, -0.15) is 4.98 Å². The van der Waals surface area contributed by atoms with Crippen molar-refractivity contribution in [2.75, 3.05) is 30.9 Å². The number of ether oxygens (including phenoxy) is 1. The van der Waals surface area contributed by atoms with E-state index >= 15 is 0 Å². The third kappa shape index (κ3) is 4.64. The number of aromatic nitrogens is 2. The summed E-state index contributed by atoms with van der Waals surface area (Å²) in [5.41, 5.74) is 0.118. The van der Waals surface area contributed by atoms with E-state index in [0.717, 1.165) is 18.6 Å². The van der Waals surface area contributed by atoms with Crippen LogP contribution < -0.4 is 10.6 Å². The molecule has 1 aromatic carbocycles. The summed E-state index contributed by atoms with van der Waals surface area (Å²) >= 11 is 0. The molecule has 21 heavy (non-hydrogen) atoms. The Bertz CT molecular complexity index is 595. The fourth-order valence-corrected chi connectivity index (χ4v) is 1.66. The van der Waals surface area contributed by atoms with Crippen LogP contribution in [-0.2, 0) is 4.74 Å². The monoisotopic (exact) mass is 294 g/mol. The molecule has 0 bridgehead atoms. The van der Waals surface area contributed by atoms with Gasteiger partial charge >= 0.3 is 0 Å². The number of nitrogens with one attached hydrogen (secondary N) is 2. The van der Waals surface area contributed by atoms with Crippen LogP contribution in [0.5, 0.6) is 0 Å².